The maximum Gasteiger partial charge on any atom is 0.416 e. The molecule has 0 spiro atoms. The van der Waals surface area contributed by atoms with Gasteiger partial charge >= 0.3 is 12.1 Å². The minimum atomic E-state index is -4.52. The Bertz CT molecular complexity index is 959. The molecule has 0 radical (unpaired) electrons. The fourth-order valence-electron chi connectivity index (χ4n) is 4.05. The van der Waals surface area contributed by atoms with Crippen LogP contribution in [0, 0.1) is 5.92 Å². The molecule has 0 amide bonds. The molecule has 1 fully saturated rings. The highest BCUT2D eigenvalue weighted by Gasteiger charge is 2.35. The van der Waals surface area contributed by atoms with Crippen LogP contribution in [0.25, 0.3) is 0 Å². The lowest BCUT2D eigenvalue weighted by atomic mass is 9.90. The summed E-state index contributed by atoms with van der Waals surface area (Å²) in [5, 5.41) is 9.53. The minimum Gasteiger partial charge on any atom is -0.493 e. The Morgan fingerprint density at radius 1 is 1.19 bits per heavy atom. The van der Waals surface area contributed by atoms with E-state index in [1.807, 2.05) is 11.8 Å². The summed E-state index contributed by atoms with van der Waals surface area (Å²) in [7, 11) is 1.51. The van der Waals surface area contributed by atoms with E-state index in [0.717, 1.165) is 12.1 Å². The van der Waals surface area contributed by atoms with E-state index in [-0.39, 0.29) is 5.02 Å². The molecule has 9 heteroatoms. The van der Waals surface area contributed by atoms with Gasteiger partial charge in [0.15, 0.2) is 11.5 Å². The number of hydrogen-bond donors (Lipinski definition) is 1. The van der Waals surface area contributed by atoms with Gasteiger partial charge in [-0.15, -0.1) is 0 Å². The maximum absolute atomic E-state index is 13.5. The number of benzene rings is 2. The Balaban J connectivity index is 2.10. The van der Waals surface area contributed by atoms with Crippen molar-refractivity contribution in [3.05, 3.63) is 58.1 Å². The Hall–Kier alpha value is -2.45. The van der Waals surface area contributed by atoms with Crippen molar-refractivity contribution in [1.82, 2.24) is 4.90 Å². The molecule has 174 valence electrons. The standard InChI is InChI=1S/C23H25ClF3NO4/c1-3-32-20-12-15(4-7-19(20)31-2)21(28-10-8-14(9-11-28)22(29)30)17-13-16(23(25,26)27)5-6-18(17)24/h4-7,12-14,21H,3,8-11H2,1-2H3,(H,29,30). The smallest absolute Gasteiger partial charge is 0.416 e. The number of carboxylic acids is 1. The van der Waals surface area contributed by atoms with E-state index >= 15 is 0 Å². The van der Waals surface area contributed by atoms with Crippen LogP contribution in [0.5, 0.6) is 11.5 Å². The number of halogens is 4. The second-order valence-electron chi connectivity index (χ2n) is 7.63. The van der Waals surface area contributed by atoms with E-state index < -0.39 is 29.7 Å². The van der Waals surface area contributed by atoms with Crippen molar-refractivity contribution in [2.75, 3.05) is 26.8 Å². The zero-order chi connectivity index (χ0) is 23.5. The van der Waals surface area contributed by atoms with Crippen LogP contribution in [0.1, 0.15) is 42.5 Å². The molecule has 5 nitrogen and oxygen atoms in total. The number of rotatable bonds is 7. The van der Waals surface area contributed by atoms with Gasteiger partial charge in [0.2, 0.25) is 0 Å². The van der Waals surface area contributed by atoms with Crippen molar-refractivity contribution >= 4 is 17.6 Å². The van der Waals surface area contributed by atoms with E-state index in [0.29, 0.717) is 55.2 Å². The fourth-order valence-corrected chi connectivity index (χ4v) is 4.27. The third-order valence-electron chi connectivity index (χ3n) is 5.67. The average molecular weight is 472 g/mol. The number of likely N-dealkylation sites (tertiary alicyclic amines) is 1. The van der Waals surface area contributed by atoms with Crippen molar-refractivity contribution in [1.29, 1.82) is 0 Å². The number of nitrogens with zero attached hydrogens (tertiary/aromatic N) is 1. The van der Waals surface area contributed by atoms with Crippen LogP contribution >= 0.6 is 11.6 Å². The molecule has 1 heterocycles. The monoisotopic (exact) mass is 471 g/mol. The number of alkyl halides is 3. The van der Waals surface area contributed by atoms with E-state index in [2.05, 4.69) is 0 Å². The van der Waals surface area contributed by atoms with Crippen LogP contribution in [0.4, 0.5) is 13.2 Å². The van der Waals surface area contributed by atoms with Crippen molar-refractivity contribution in [3.63, 3.8) is 0 Å². The van der Waals surface area contributed by atoms with E-state index in [1.54, 1.807) is 18.2 Å². The zero-order valence-corrected chi connectivity index (χ0v) is 18.5. The summed E-state index contributed by atoms with van der Waals surface area (Å²) in [5.74, 6) is -0.352. The minimum absolute atomic E-state index is 0.206. The average Bonchev–Trinajstić information content (AvgIpc) is 2.75. The first-order valence-corrected chi connectivity index (χ1v) is 10.7. The molecular weight excluding hydrogens is 447 g/mol. The topological polar surface area (TPSA) is 59.0 Å². The highest BCUT2D eigenvalue weighted by Crippen LogP contribution is 2.41. The predicted octanol–water partition coefficient (Wildman–Crippen LogP) is 5.65. The first kappa shape index (κ1) is 24.2. The Morgan fingerprint density at radius 2 is 1.88 bits per heavy atom. The quantitative estimate of drug-likeness (QED) is 0.565. The fraction of sp³-hybridized carbons (Fsp3) is 0.435. The van der Waals surface area contributed by atoms with Gasteiger partial charge in [0.1, 0.15) is 0 Å². The number of ether oxygens (including phenoxy) is 2. The van der Waals surface area contributed by atoms with Gasteiger partial charge in [0, 0.05) is 5.02 Å². The van der Waals surface area contributed by atoms with Crippen molar-refractivity contribution in [2.24, 2.45) is 5.92 Å². The summed E-state index contributed by atoms with van der Waals surface area (Å²) >= 11 is 6.40. The van der Waals surface area contributed by atoms with Gasteiger partial charge in [0.05, 0.1) is 31.2 Å². The Morgan fingerprint density at radius 3 is 2.44 bits per heavy atom. The van der Waals surface area contributed by atoms with E-state index in [4.69, 9.17) is 21.1 Å². The van der Waals surface area contributed by atoms with E-state index in [9.17, 15) is 23.1 Å². The van der Waals surface area contributed by atoms with Gasteiger partial charge in [-0.05, 0) is 74.3 Å². The predicted molar refractivity (Wildman–Crippen MR) is 114 cm³/mol. The molecule has 0 aliphatic carbocycles. The van der Waals surface area contributed by atoms with E-state index in [1.165, 1.54) is 13.2 Å². The number of aliphatic carboxylic acids is 1. The molecule has 2 aromatic rings. The Labute approximate surface area is 189 Å². The van der Waals surface area contributed by atoms with Crippen LogP contribution in [0.3, 0.4) is 0 Å². The van der Waals surface area contributed by atoms with Gasteiger partial charge in [-0.2, -0.15) is 13.2 Å². The molecule has 1 N–H and O–H groups in total. The van der Waals surface area contributed by atoms with Crippen LogP contribution in [-0.2, 0) is 11.0 Å². The van der Waals surface area contributed by atoms with Gasteiger partial charge in [-0.3, -0.25) is 9.69 Å². The molecule has 0 bridgehead atoms. The molecule has 1 aliphatic heterocycles. The van der Waals surface area contributed by atoms with Crippen molar-refractivity contribution in [3.8, 4) is 11.5 Å². The van der Waals surface area contributed by atoms with Gasteiger partial charge in [0.25, 0.3) is 0 Å². The number of carbonyl (C=O) groups is 1. The van der Waals surface area contributed by atoms with Crippen LogP contribution < -0.4 is 9.47 Å². The summed E-state index contributed by atoms with van der Waals surface area (Å²) in [6, 6.07) is 7.89. The van der Waals surface area contributed by atoms with Gasteiger partial charge < -0.3 is 14.6 Å². The summed E-state index contributed by atoms with van der Waals surface area (Å²) in [4.78, 5) is 13.3. The molecule has 1 saturated heterocycles. The lowest BCUT2D eigenvalue weighted by Crippen LogP contribution is -2.39. The first-order chi connectivity index (χ1) is 15.2. The highest BCUT2D eigenvalue weighted by atomic mass is 35.5. The highest BCUT2D eigenvalue weighted by molar-refractivity contribution is 6.31. The van der Waals surface area contributed by atoms with Crippen LogP contribution in [-0.4, -0.2) is 42.8 Å². The van der Waals surface area contributed by atoms with Gasteiger partial charge in [-0.1, -0.05) is 17.7 Å². The molecule has 1 unspecified atom stereocenters. The van der Waals surface area contributed by atoms with Crippen molar-refractivity contribution in [2.45, 2.75) is 32.0 Å². The summed E-state index contributed by atoms with van der Waals surface area (Å²) in [5.41, 5.74) is 0.202. The first-order valence-electron chi connectivity index (χ1n) is 10.3. The molecular formula is C23H25ClF3NO4. The molecule has 0 aromatic heterocycles. The number of methoxy groups -OCH3 is 1. The second kappa shape index (κ2) is 10.0. The maximum atomic E-state index is 13.5. The third kappa shape index (κ3) is 5.30. The third-order valence-corrected chi connectivity index (χ3v) is 6.01. The molecule has 1 aliphatic rings. The van der Waals surface area contributed by atoms with Crippen LogP contribution in [0.15, 0.2) is 36.4 Å². The SMILES string of the molecule is CCOc1cc(C(c2cc(C(F)(F)F)ccc2Cl)N2CCC(C(=O)O)CC2)ccc1OC. The second-order valence-corrected chi connectivity index (χ2v) is 8.04. The molecule has 32 heavy (non-hydrogen) atoms. The molecule has 3 rings (SSSR count). The summed E-state index contributed by atoms with van der Waals surface area (Å²) in [6.07, 6.45) is -3.72. The Kier molecular flexibility index (Phi) is 7.56. The lowest BCUT2D eigenvalue weighted by Gasteiger charge is -2.37. The number of carboxylic acid groups (broad SMARTS) is 1. The summed E-state index contributed by atoms with van der Waals surface area (Å²) < 4.78 is 51.4. The molecule has 2 aromatic carbocycles. The van der Waals surface area contributed by atoms with Crippen molar-refractivity contribution < 1.29 is 32.5 Å². The number of piperidine rings is 1. The summed E-state index contributed by atoms with van der Waals surface area (Å²) in [6.45, 7) is 3.02. The largest absolute Gasteiger partial charge is 0.493 e. The molecule has 0 saturated carbocycles. The zero-order valence-electron chi connectivity index (χ0n) is 17.8. The van der Waals surface area contributed by atoms with Gasteiger partial charge in [-0.25, -0.2) is 0 Å². The lowest BCUT2D eigenvalue weighted by molar-refractivity contribution is -0.143. The number of hydrogen-bond acceptors (Lipinski definition) is 4. The van der Waals surface area contributed by atoms with Crippen LogP contribution in [0.2, 0.25) is 5.02 Å². The normalized spacial score (nSPS) is 16.6. The molecule has 1 atom stereocenters.